The average Bonchev–Trinajstić information content (AvgIpc) is 2.65. The Bertz CT molecular complexity index is 702. The second-order valence-corrected chi connectivity index (χ2v) is 6.60. The molecule has 0 heterocycles. The van der Waals surface area contributed by atoms with Crippen LogP contribution < -0.4 is 10.1 Å². The number of carbonyl (C=O) groups excluding carboxylic acids is 1. The summed E-state index contributed by atoms with van der Waals surface area (Å²) in [5, 5.41) is 2.99. The molecule has 2 rings (SSSR count). The Morgan fingerprint density at radius 2 is 1.77 bits per heavy atom. The van der Waals surface area contributed by atoms with E-state index < -0.39 is 0 Å². The van der Waals surface area contributed by atoms with Gasteiger partial charge in [-0.05, 0) is 49.6 Å². The highest BCUT2D eigenvalue weighted by molar-refractivity contribution is 5.91. The maximum Gasteiger partial charge on any atom is 0.244 e. The number of amides is 1. The monoisotopic (exact) mass is 351 g/mol. The molecule has 138 valence electrons. The first-order valence-corrected chi connectivity index (χ1v) is 9.36. The molecule has 26 heavy (non-hydrogen) atoms. The highest BCUT2D eigenvalue weighted by Crippen LogP contribution is 2.15. The predicted octanol–water partition coefficient (Wildman–Crippen LogP) is 5.45. The number of ether oxygens (including phenoxy) is 1. The van der Waals surface area contributed by atoms with Crippen molar-refractivity contribution < 1.29 is 9.53 Å². The molecule has 0 aromatic heterocycles. The number of aryl methyl sites for hydroxylation is 1. The van der Waals surface area contributed by atoms with Crippen LogP contribution >= 0.6 is 0 Å². The van der Waals surface area contributed by atoms with E-state index in [0.717, 1.165) is 29.9 Å². The average molecular weight is 351 g/mol. The lowest BCUT2D eigenvalue weighted by Gasteiger charge is -2.13. The van der Waals surface area contributed by atoms with Crippen molar-refractivity contribution in [2.45, 2.75) is 46.1 Å². The molecule has 0 saturated heterocycles. The lowest BCUT2D eigenvalue weighted by Crippen LogP contribution is -2.24. The molecule has 0 radical (unpaired) electrons. The summed E-state index contributed by atoms with van der Waals surface area (Å²) >= 11 is 0. The molecule has 2 aromatic carbocycles. The van der Waals surface area contributed by atoms with Crippen LogP contribution in [0.5, 0.6) is 5.75 Å². The largest absolute Gasteiger partial charge is 0.494 e. The minimum absolute atomic E-state index is 0.0216. The van der Waals surface area contributed by atoms with E-state index in [4.69, 9.17) is 4.74 Å². The van der Waals surface area contributed by atoms with Crippen LogP contribution in [0.1, 0.15) is 55.8 Å². The molecule has 1 amide bonds. The molecule has 0 saturated carbocycles. The Labute approximate surface area is 157 Å². The topological polar surface area (TPSA) is 38.3 Å². The van der Waals surface area contributed by atoms with Gasteiger partial charge < -0.3 is 10.1 Å². The Morgan fingerprint density at radius 1 is 1.08 bits per heavy atom. The van der Waals surface area contributed by atoms with Gasteiger partial charge in [0.2, 0.25) is 5.91 Å². The zero-order valence-electron chi connectivity index (χ0n) is 16.0. The van der Waals surface area contributed by atoms with Crippen LogP contribution in [0.2, 0.25) is 0 Å². The zero-order valence-corrected chi connectivity index (χ0v) is 16.0. The molecule has 0 aliphatic heterocycles. The molecular formula is C23H29NO2. The van der Waals surface area contributed by atoms with Crippen LogP contribution in [0.4, 0.5) is 0 Å². The molecule has 1 atom stereocenters. The number of rotatable bonds is 9. The van der Waals surface area contributed by atoms with Crippen LogP contribution in [0.25, 0.3) is 6.08 Å². The molecule has 0 spiro atoms. The fraction of sp³-hybridized carbons (Fsp3) is 0.348. The quantitative estimate of drug-likeness (QED) is 0.481. The molecule has 3 nitrogen and oxygen atoms in total. The fourth-order valence-electron chi connectivity index (χ4n) is 2.59. The van der Waals surface area contributed by atoms with Gasteiger partial charge in [0, 0.05) is 6.08 Å². The third-order valence-electron chi connectivity index (χ3n) is 4.26. The lowest BCUT2D eigenvalue weighted by atomic mass is 10.1. The van der Waals surface area contributed by atoms with E-state index in [1.54, 1.807) is 6.08 Å². The van der Waals surface area contributed by atoms with Crippen LogP contribution in [0.15, 0.2) is 54.6 Å². The summed E-state index contributed by atoms with van der Waals surface area (Å²) in [5.41, 5.74) is 3.29. The molecular weight excluding hydrogens is 322 g/mol. The number of hydrogen-bond acceptors (Lipinski definition) is 2. The van der Waals surface area contributed by atoms with Crippen molar-refractivity contribution in [1.29, 1.82) is 0 Å². The van der Waals surface area contributed by atoms with Crippen LogP contribution in [0.3, 0.4) is 0 Å². The van der Waals surface area contributed by atoms with Crippen molar-refractivity contribution in [3.05, 3.63) is 71.3 Å². The van der Waals surface area contributed by atoms with E-state index in [-0.39, 0.29) is 11.9 Å². The first-order valence-electron chi connectivity index (χ1n) is 9.36. The Morgan fingerprint density at radius 3 is 2.42 bits per heavy atom. The molecule has 0 aliphatic rings. The van der Waals surface area contributed by atoms with Gasteiger partial charge in [-0.1, -0.05) is 61.7 Å². The van der Waals surface area contributed by atoms with Crippen LogP contribution in [-0.4, -0.2) is 12.5 Å². The molecule has 1 N–H and O–H groups in total. The summed E-state index contributed by atoms with van der Waals surface area (Å²) in [5.74, 6) is 0.772. The first-order chi connectivity index (χ1) is 12.6. The molecule has 0 aliphatic carbocycles. The maximum atomic E-state index is 12.1. The van der Waals surface area contributed by atoms with Gasteiger partial charge in [0.1, 0.15) is 5.75 Å². The van der Waals surface area contributed by atoms with Gasteiger partial charge in [0.15, 0.2) is 0 Å². The summed E-state index contributed by atoms with van der Waals surface area (Å²) < 4.78 is 5.70. The van der Waals surface area contributed by atoms with Gasteiger partial charge in [-0.2, -0.15) is 0 Å². The van der Waals surface area contributed by atoms with Crippen molar-refractivity contribution in [2.24, 2.45) is 0 Å². The van der Waals surface area contributed by atoms with E-state index in [1.807, 2.05) is 49.4 Å². The van der Waals surface area contributed by atoms with Crippen molar-refractivity contribution in [2.75, 3.05) is 6.61 Å². The highest BCUT2D eigenvalue weighted by Gasteiger charge is 2.06. The summed E-state index contributed by atoms with van der Waals surface area (Å²) in [6.07, 6.45) is 6.85. The van der Waals surface area contributed by atoms with Gasteiger partial charge in [-0.3, -0.25) is 4.79 Å². The molecule has 3 heteroatoms. The van der Waals surface area contributed by atoms with E-state index >= 15 is 0 Å². The van der Waals surface area contributed by atoms with E-state index in [0.29, 0.717) is 0 Å². The lowest BCUT2D eigenvalue weighted by molar-refractivity contribution is -0.117. The normalized spacial score (nSPS) is 12.1. The minimum Gasteiger partial charge on any atom is -0.494 e. The standard InChI is InChI=1S/C23H29NO2/c1-4-5-6-17-26-22-14-9-20(10-15-22)11-16-23(25)24-19(3)21-12-7-18(2)8-13-21/h7-16,19H,4-6,17H2,1-3H3,(H,24,25). The van der Waals surface area contributed by atoms with Crippen molar-refractivity contribution in [1.82, 2.24) is 5.32 Å². The second-order valence-electron chi connectivity index (χ2n) is 6.60. The van der Waals surface area contributed by atoms with E-state index in [2.05, 4.69) is 31.3 Å². The minimum atomic E-state index is -0.0991. The summed E-state index contributed by atoms with van der Waals surface area (Å²) in [7, 11) is 0. The second kappa shape index (κ2) is 10.4. The smallest absolute Gasteiger partial charge is 0.244 e. The molecule has 1 unspecified atom stereocenters. The van der Waals surface area contributed by atoms with Gasteiger partial charge in [-0.25, -0.2) is 0 Å². The van der Waals surface area contributed by atoms with Crippen molar-refractivity contribution >= 4 is 12.0 Å². The number of benzene rings is 2. The third-order valence-corrected chi connectivity index (χ3v) is 4.26. The number of hydrogen-bond donors (Lipinski definition) is 1. The first kappa shape index (κ1) is 19.8. The van der Waals surface area contributed by atoms with Gasteiger partial charge in [0.05, 0.1) is 12.6 Å². The highest BCUT2D eigenvalue weighted by atomic mass is 16.5. The fourth-order valence-corrected chi connectivity index (χ4v) is 2.59. The number of carbonyl (C=O) groups is 1. The van der Waals surface area contributed by atoms with Gasteiger partial charge in [-0.15, -0.1) is 0 Å². The van der Waals surface area contributed by atoms with Crippen molar-refractivity contribution in [3.8, 4) is 5.75 Å². The Balaban J connectivity index is 1.82. The van der Waals surface area contributed by atoms with E-state index in [1.165, 1.54) is 18.4 Å². The summed E-state index contributed by atoms with van der Waals surface area (Å²) in [6, 6.07) is 16.0. The van der Waals surface area contributed by atoms with E-state index in [9.17, 15) is 4.79 Å². The molecule has 0 fully saturated rings. The van der Waals surface area contributed by atoms with Crippen LogP contribution in [0, 0.1) is 6.92 Å². The summed E-state index contributed by atoms with van der Waals surface area (Å²) in [4.78, 5) is 12.1. The molecule has 0 bridgehead atoms. The molecule has 2 aromatic rings. The van der Waals surface area contributed by atoms with Gasteiger partial charge in [0.25, 0.3) is 0 Å². The Hall–Kier alpha value is -2.55. The Kier molecular flexibility index (Phi) is 7.94. The third kappa shape index (κ3) is 6.75. The van der Waals surface area contributed by atoms with Gasteiger partial charge >= 0.3 is 0 Å². The summed E-state index contributed by atoms with van der Waals surface area (Å²) in [6.45, 7) is 6.97. The number of nitrogens with one attached hydrogen (secondary N) is 1. The maximum absolute atomic E-state index is 12.1. The number of unbranched alkanes of at least 4 members (excludes halogenated alkanes) is 2. The van der Waals surface area contributed by atoms with Crippen LogP contribution in [-0.2, 0) is 4.79 Å². The predicted molar refractivity (Wildman–Crippen MR) is 108 cm³/mol. The zero-order chi connectivity index (χ0) is 18.8. The van der Waals surface area contributed by atoms with Crippen molar-refractivity contribution in [3.63, 3.8) is 0 Å². The SMILES string of the molecule is CCCCCOc1ccc(C=CC(=O)NC(C)c2ccc(C)cc2)cc1.